The van der Waals surface area contributed by atoms with Crippen LogP contribution in [0.2, 0.25) is 0 Å². The fourth-order valence-electron chi connectivity index (χ4n) is 5.93. The Bertz CT molecular complexity index is 2170. The number of ether oxygens (including phenoxy) is 5. The van der Waals surface area contributed by atoms with E-state index in [1.807, 2.05) is 6.07 Å². The molecule has 58 heavy (non-hydrogen) atoms. The van der Waals surface area contributed by atoms with Gasteiger partial charge in [-0.2, -0.15) is 0 Å². The van der Waals surface area contributed by atoms with Gasteiger partial charge >= 0.3 is 5.97 Å². The number of carboxylic acid groups (broad SMARTS) is 1. The van der Waals surface area contributed by atoms with Crippen molar-refractivity contribution in [2.75, 3.05) is 73.1 Å². The molecule has 312 valence electrons. The number of aliphatic hydroxyl groups is 1. The first-order chi connectivity index (χ1) is 28.0. The van der Waals surface area contributed by atoms with Gasteiger partial charge in [0.1, 0.15) is 17.2 Å². The van der Waals surface area contributed by atoms with E-state index in [2.05, 4.69) is 10.0 Å². The fourth-order valence-corrected chi connectivity index (χ4v) is 7.09. The highest BCUT2D eigenvalue weighted by Crippen LogP contribution is 2.45. The Hall–Kier alpha value is -5.01. The molecular formula is C41H47FN2O13S. The van der Waals surface area contributed by atoms with Crippen molar-refractivity contribution in [2.45, 2.75) is 31.1 Å². The van der Waals surface area contributed by atoms with E-state index in [0.717, 1.165) is 18.4 Å². The summed E-state index contributed by atoms with van der Waals surface area (Å²) in [7, 11) is -2.23. The van der Waals surface area contributed by atoms with Gasteiger partial charge in [-0.25, -0.2) is 22.3 Å². The van der Waals surface area contributed by atoms with E-state index in [0.29, 0.717) is 85.5 Å². The molecule has 0 bridgehead atoms. The molecule has 15 nitrogen and oxygen atoms in total. The van der Waals surface area contributed by atoms with Gasteiger partial charge in [-0.15, -0.1) is 0 Å². The Labute approximate surface area is 335 Å². The van der Waals surface area contributed by atoms with Crippen LogP contribution >= 0.6 is 0 Å². The molecule has 4 N–H and O–H groups in total. The number of furan rings is 1. The van der Waals surface area contributed by atoms with E-state index < -0.39 is 33.4 Å². The second kappa shape index (κ2) is 21.7. The van der Waals surface area contributed by atoms with Gasteiger partial charge in [0.15, 0.2) is 5.78 Å². The summed E-state index contributed by atoms with van der Waals surface area (Å²) in [6, 6.07) is 15.6. The van der Waals surface area contributed by atoms with Gasteiger partial charge in [-0.05, 0) is 77.9 Å². The quantitative estimate of drug-likeness (QED) is 0.0288. The van der Waals surface area contributed by atoms with E-state index in [4.69, 9.17) is 33.2 Å². The maximum absolute atomic E-state index is 13.6. The Morgan fingerprint density at radius 3 is 2.07 bits per heavy atom. The predicted molar refractivity (Wildman–Crippen MR) is 210 cm³/mol. The number of sulfonamides is 1. The number of benzene rings is 3. The maximum Gasteiger partial charge on any atom is 0.371 e. The first kappa shape index (κ1) is 44.1. The normalized spacial score (nSPS) is 13.2. The van der Waals surface area contributed by atoms with Crippen LogP contribution in [0.3, 0.4) is 0 Å². The van der Waals surface area contributed by atoms with Gasteiger partial charge in [0.05, 0.1) is 77.4 Å². The Balaban J connectivity index is 0.924. The summed E-state index contributed by atoms with van der Waals surface area (Å²) < 4.78 is 76.0. The first-order valence-corrected chi connectivity index (χ1v) is 20.3. The first-order valence-electron chi connectivity index (χ1n) is 18.7. The predicted octanol–water partition coefficient (Wildman–Crippen LogP) is 4.89. The minimum atomic E-state index is -3.74. The molecule has 0 aliphatic heterocycles. The average Bonchev–Trinajstić information content (AvgIpc) is 3.98. The largest absolute Gasteiger partial charge is 0.502 e. The van der Waals surface area contributed by atoms with Crippen molar-refractivity contribution in [3.8, 4) is 11.3 Å². The van der Waals surface area contributed by atoms with Crippen LogP contribution in [0.25, 0.3) is 22.3 Å². The van der Waals surface area contributed by atoms with Gasteiger partial charge in [0.25, 0.3) is 5.91 Å². The molecule has 1 amide bonds. The van der Waals surface area contributed by atoms with Crippen LogP contribution in [-0.2, 0) is 50.9 Å². The van der Waals surface area contributed by atoms with E-state index >= 15 is 0 Å². The van der Waals surface area contributed by atoms with E-state index in [9.17, 15) is 32.3 Å². The van der Waals surface area contributed by atoms with Gasteiger partial charge in [-0.3, -0.25) is 9.59 Å². The fraction of sp³-hybridized carbons (Fsp3) is 0.390. The highest BCUT2D eigenvalue weighted by Gasteiger charge is 2.31. The number of carboxylic acids is 1. The lowest BCUT2D eigenvalue weighted by atomic mass is 9.98. The zero-order chi connectivity index (χ0) is 41.5. The van der Waals surface area contributed by atoms with Crippen molar-refractivity contribution < 1.29 is 65.5 Å². The third kappa shape index (κ3) is 13.3. The monoisotopic (exact) mass is 826 g/mol. The number of aliphatic carboxylic acids is 1. The van der Waals surface area contributed by atoms with Crippen molar-refractivity contribution in [1.29, 1.82) is 0 Å². The molecule has 4 aromatic rings. The van der Waals surface area contributed by atoms with Crippen molar-refractivity contribution in [2.24, 2.45) is 0 Å². The Morgan fingerprint density at radius 2 is 1.47 bits per heavy atom. The molecule has 0 unspecified atom stereocenters. The van der Waals surface area contributed by atoms with Gasteiger partial charge < -0.3 is 43.6 Å². The van der Waals surface area contributed by atoms with Crippen molar-refractivity contribution in [3.05, 3.63) is 106 Å². The highest BCUT2D eigenvalue weighted by molar-refractivity contribution is 7.88. The number of carbonyl (C=O) groups excluding carboxylic acids is 2. The molecule has 1 heterocycles. The SMILES string of the molecule is CNC(=O)c1c(-c2ccc(F)cc2)oc2cc(CS(=O)(=O)NCCOCCOCCOCCOCCOCc3cccc(C(=O)/C=C(\O)C(=O)O)c3)c(C3CC3)cc12. The Kier molecular flexibility index (Phi) is 16.5. The zero-order valence-corrected chi connectivity index (χ0v) is 32.8. The molecule has 5 rings (SSSR count). The summed E-state index contributed by atoms with van der Waals surface area (Å²) in [5.41, 5.74) is 3.58. The number of aliphatic hydroxyl groups excluding tert-OH is 1. The van der Waals surface area contributed by atoms with Crippen molar-refractivity contribution in [1.82, 2.24) is 10.0 Å². The van der Waals surface area contributed by atoms with E-state index in [1.165, 1.54) is 37.4 Å². The number of hydrogen-bond donors (Lipinski definition) is 4. The molecule has 0 saturated heterocycles. The number of fused-ring (bicyclic) bond motifs is 1. The number of halogens is 1. The number of rotatable bonds is 26. The third-order valence-electron chi connectivity index (χ3n) is 8.90. The third-order valence-corrected chi connectivity index (χ3v) is 10.2. The summed E-state index contributed by atoms with van der Waals surface area (Å²) in [4.78, 5) is 35.7. The molecule has 3 aromatic carbocycles. The number of carbonyl (C=O) groups is 3. The zero-order valence-electron chi connectivity index (χ0n) is 32.0. The molecule has 1 fully saturated rings. The minimum absolute atomic E-state index is 0.0715. The van der Waals surface area contributed by atoms with Crippen molar-refractivity contribution in [3.63, 3.8) is 0 Å². The molecule has 0 radical (unpaired) electrons. The number of hydrogen-bond acceptors (Lipinski definition) is 12. The molecule has 1 aromatic heterocycles. The van der Waals surface area contributed by atoms with Gasteiger partial charge in [-0.1, -0.05) is 18.2 Å². The molecular weight excluding hydrogens is 780 g/mol. The number of nitrogens with one attached hydrogen (secondary N) is 2. The van der Waals surface area contributed by atoms with E-state index in [-0.39, 0.29) is 55.3 Å². The summed E-state index contributed by atoms with van der Waals surface area (Å²) >= 11 is 0. The van der Waals surface area contributed by atoms with Gasteiger partial charge in [0, 0.05) is 36.2 Å². The lowest BCUT2D eigenvalue weighted by molar-refractivity contribution is -0.135. The van der Waals surface area contributed by atoms with Crippen LogP contribution in [0.4, 0.5) is 4.39 Å². The topological polar surface area (TPSA) is 209 Å². The molecule has 0 atom stereocenters. The Morgan fingerprint density at radius 1 is 0.845 bits per heavy atom. The molecule has 1 saturated carbocycles. The van der Waals surface area contributed by atoms with Crippen LogP contribution in [0.1, 0.15) is 56.2 Å². The van der Waals surface area contributed by atoms with Crippen molar-refractivity contribution >= 4 is 38.7 Å². The molecule has 1 aliphatic carbocycles. The lowest BCUT2D eigenvalue weighted by Gasteiger charge is -2.12. The molecule has 0 spiro atoms. The van der Waals surface area contributed by atoms with Crippen LogP contribution in [0, 0.1) is 5.82 Å². The number of amides is 1. The second-order valence-electron chi connectivity index (χ2n) is 13.3. The standard InChI is InChI=1S/C41H47FN2O13S/c1-43-40(47)38-34-23-33(28-5-6-28)31(22-37(34)57-39(38)29-7-9-32(42)10-8-29)26-58(50,51)44-11-12-52-13-14-53-15-16-54-17-18-55-19-20-56-25-27-3-2-4-30(21-27)35(45)24-36(46)41(48)49/h2-4,7-10,21-24,28,44,46H,5-6,11-20,25-26H2,1H3,(H,43,47)(H,48,49)/b36-24-. The van der Waals surface area contributed by atoms with Crippen LogP contribution in [0.5, 0.6) is 0 Å². The van der Waals surface area contributed by atoms with Crippen LogP contribution in [0.15, 0.2) is 76.9 Å². The lowest BCUT2D eigenvalue weighted by Crippen LogP contribution is -2.29. The summed E-state index contributed by atoms with van der Waals surface area (Å²) in [6.07, 6.45) is 2.48. The number of allylic oxidation sites excluding steroid dienone is 1. The molecule has 17 heteroatoms. The minimum Gasteiger partial charge on any atom is -0.502 e. The summed E-state index contributed by atoms with van der Waals surface area (Å²) in [6.45, 7) is 3.01. The van der Waals surface area contributed by atoms with Gasteiger partial charge in [0.2, 0.25) is 15.8 Å². The van der Waals surface area contributed by atoms with Crippen LogP contribution < -0.4 is 10.0 Å². The molecule has 1 aliphatic rings. The maximum atomic E-state index is 13.6. The average molecular weight is 827 g/mol. The second-order valence-corrected chi connectivity index (χ2v) is 15.1. The summed E-state index contributed by atoms with van der Waals surface area (Å²) in [5.74, 6) is -3.84. The number of ketones is 1. The van der Waals surface area contributed by atoms with E-state index in [1.54, 1.807) is 24.3 Å². The van der Waals surface area contributed by atoms with Crippen LogP contribution in [-0.4, -0.2) is 109 Å². The smallest absolute Gasteiger partial charge is 0.371 e. The summed E-state index contributed by atoms with van der Waals surface area (Å²) in [5, 5.41) is 21.2. The highest BCUT2D eigenvalue weighted by atomic mass is 32.2.